The Balaban J connectivity index is 1.63. The zero-order valence-electron chi connectivity index (χ0n) is 8.97. The fourth-order valence-electron chi connectivity index (χ4n) is 2.45. The first kappa shape index (κ1) is 10.2. The van der Waals surface area contributed by atoms with Crippen LogP contribution in [0.3, 0.4) is 0 Å². The van der Waals surface area contributed by atoms with Gasteiger partial charge in [-0.25, -0.2) is 0 Å². The van der Waals surface area contributed by atoms with Gasteiger partial charge in [0.1, 0.15) is 0 Å². The molecule has 0 amide bonds. The summed E-state index contributed by atoms with van der Waals surface area (Å²) in [7, 11) is 0. The number of hydrogen-bond donors (Lipinski definition) is 2. The van der Waals surface area contributed by atoms with E-state index in [1.807, 2.05) is 0 Å². The van der Waals surface area contributed by atoms with Gasteiger partial charge >= 0.3 is 0 Å². The Hall–Kier alpha value is -0.340. The van der Waals surface area contributed by atoms with Crippen molar-refractivity contribution in [3.05, 3.63) is 12.2 Å². The number of hydrogen-bond acceptors (Lipinski definition) is 2. The van der Waals surface area contributed by atoms with Gasteiger partial charge in [0.05, 0.1) is 0 Å². The average Bonchev–Trinajstić information content (AvgIpc) is 2.29. The Labute approximate surface area is 87.2 Å². The van der Waals surface area contributed by atoms with Crippen molar-refractivity contribution >= 4 is 0 Å². The fourth-order valence-corrected chi connectivity index (χ4v) is 2.45. The molecule has 2 aliphatic heterocycles. The Bertz CT molecular complexity index is 183. The van der Waals surface area contributed by atoms with E-state index in [1.54, 1.807) is 0 Å². The zero-order chi connectivity index (χ0) is 9.64. The minimum absolute atomic E-state index is 0.740. The highest BCUT2D eigenvalue weighted by atomic mass is 14.9. The second-order valence-electron chi connectivity index (χ2n) is 4.54. The lowest BCUT2D eigenvalue weighted by Gasteiger charge is -2.26. The van der Waals surface area contributed by atoms with Gasteiger partial charge in [0.2, 0.25) is 0 Å². The Morgan fingerprint density at radius 1 is 1.00 bits per heavy atom. The molecule has 2 atom stereocenters. The van der Waals surface area contributed by atoms with Gasteiger partial charge in [-0.15, -0.1) is 0 Å². The molecule has 0 radical (unpaired) electrons. The summed E-state index contributed by atoms with van der Waals surface area (Å²) in [5.41, 5.74) is 0. The van der Waals surface area contributed by atoms with Crippen LogP contribution in [0.5, 0.6) is 0 Å². The van der Waals surface area contributed by atoms with Crippen LogP contribution < -0.4 is 10.6 Å². The molecule has 0 aromatic carbocycles. The molecule has 2 rings (SSSR count). The van der Waals surface area contributed by atoms with E-state index < -0.39 is 0 Å². The van der Waals surface area contributed by atoms with E-state index in [0.29, 0.717) is 0 Å². The first-order valence-corrected chi connectivity index (χ1v) is 6.07. The van der Waals surface area contributed by atoms with Crippen molar-refractivity contribution < 1.29 is 0 Å². The normalized spacial score (nSPS) is 33.1. The molecule has 1 saturated heterocycles. The lowest BCUT2D eigenvalue weighted by atomic mass is 9.96. The van der Waals surface area contributed by atoms with E-state index in [2.05, 4.69) is 22.8 Å². The van der Waals surface area contributed by atoms with Crippen molar-refractivity contribution in [1.82, 2.24) is 10.6 Å². The van der Waals surface area contributed by atoms with E-state index in [4.69, 9.17) is 0 Å². The predicted octanol–water partition coefficient (Wildman–Crippen LogP) is 1.83. The third kappa shape index (κ3) is 3.10. The standard InChI is InChI=1S/C12H22N2/c1-3-9-13-11(5-1)7-8-12-6-2-4-10-14-12/h1,3,11-14H,2,4-10H2. The van der Waals surface area contributed by atoms with Crippen LogP contribution in [0.15, 0.2) is 12.2 Å². The average molecular weight is 194 g/mol. The highest BCUT2D eigenvalue weighted by Gasteiger charge is 2.15. The molecule has 2 heteroatoms. The quantitative estimate of drug-likeness (QED) is 0.670. The van der Waals surface area contributed by atoms with Crippen LogP contribution >= 0.6 is 0 Å². The third-order valence-corrected chi connectivity index (χ3v) is 3.39. The molecule has 0 aromatic rings. The van der Waals surface area contributed by atoms with Gasteiger partial charge in [0.15, 0.2) is 0 Å². The van der Waals surface area contributed by atoms with Crippen molar-refractivity contribution in [2.24, 2.45) is 0 Å². The monoisotopic (exact) mass is 194 g/mol. The maximum atomic E-state index is 3.61. The summed E-state index contributed by atoms with van der Waals surface area (Å²) in [5.74, 6) is 0. The molecule has 2 unspecified atom stereocenters. The van der Waals surface area contributed by atoms with Crippen molar-refractivity contribution in [2.75, 3.05) is 13.1 Å². The van der Waals surface area contributed by atoms with Gasteiger partial charge < -0.3 is 10.6 Å². The summed E-state index contributed by atoms with van der Waals surface area (Å²) in [6.45, 7) is 2.31. The van der Waals surface area contributed by atoms with Gasteiger partial charge in [-0.3, -0.25) is 0 Å². The minimum atomic E-state index is 0.740. The highest BCUT2D eigenvalue weighted by molar-refractivity contribution is 4.94. The number of nitrogens with one attached hydrogen (secondary N) is 2. The molecular weight excluding hydrogens is 172 g/mol. The highest BCUT2D eigenvalue weighted by Crippen LogP contribution is 2.15. The predicted molar refractivity (Wildman–Crippen MR) is 60.4 cm³/mol. The topological polar surface area (TPSA) is 24.1 Å². The van der Waals surface area contributed by atoms with Crippen LogP contribution in [-0.4, -0.2) is 25.2 Å². The molecule has 1 fully saturated rings. The van der Waals surface area contributed by atoms with Crippen molar-refractivity contribution in [1.29, 1.82) is 0 Å². The first-order chi connectivity index (χ1) is 6.95. The van der Waals surface area contributed by atoms with Gasteiger partial charge in [0.25, 0.3) is 0 Å². The number of piperidine rings is 1. The minimum Gasteiger partial charge on any atom is -0.314 e. The molecule has 0 aromatic heterocycles. The Morgan fingerprint density at radius 2 is 1.93 bits per heavy atom. The lowest BCUT2D eigenvalue weighted by molar-refractivity contribution is 0.352. The molecule has 0 saturated carbocycles. The van der Waals surface area contributed by atoms with Crippen LogP contribution in [0.25, 0.3) is 0 Å². The summed E-state index contributed by atoms with van der Waals surface area (Å²) in [4.78, 5) is 0. The van der Waals surface area contributed by atoms with E-state index in [1.165, 1.54) is 45.1 Å². The molecule has 2 heterocycles. The second-order valence-corrected chi connectivity index (χ2v) is 4.54. The summed E-state index contributed by atoms with van der Waals surface area (Å²) < 4.78 is 0. The van der Waals surface area contributed by atoms with Gasteiger partial charge in [-0.1, -0.05) is 18.6 Å². The van der Waals surface area contributed by atoms with E-state index in [0.717, 1.165) is 18.6 Å². The summed E-state index contributed by atoms with van der Waals surface area (Å²) in [5, 5.41) is 7.16. The SMILES string of the molecule is C1=CCC(CCC2CCCCN2)NC1. The largest absolute Gasteiger partial charge is 0.314 e. The fraction of sp³-hybridized carbons (Fsp3) is 0.833. The summed E-state index contributed by atoms with van der Waals surface area (Å²) in [6, 6.07) is 1.54. The second kappa shape index (κ2) is 5.52. The Morgan fingerprint density at radius 3 is 2.64 bits per heavy atom. The molecule has 80 valence electrons. The number of rotatable bonds is 3. The van der Waals surface area contributed by atoms with Crippen LogP contribution in [0.1, 0.15) is 38.5 Å². The van der Waals surface area contributed by atoms with Crippen molar-refractivity contribution in [2.45, 2.75) is 50.6 Å². The smallest absolute Gasteiger partial charge is 0.0137 e. The van der Waals surface area contributed by atoms with E-state index in [-0.39, 0.29) is 0 Å². The summed E-state index contributed by atoms with van der Waals surface area (Å²) >= 11 is 0. The van der Waals surface area contributed by atoms with Crippen molar-refractivity contribution in [3.63, 3.8) is 0 Å². The molecular formula is C12H22N2. The van der Waals surface area contributed by atoms with Crippen LogP contribution in [-0.2, 0) is 0 Å². The van der Waals surface area contributed by atoms with E-state index >= 15 is 0 Å². The molecule has 0 aliphatic carbocycles. The van der Waals surface area contributed by atoms with Crippen LogP contribution in [0.4, 0.5) is 0 Å². The van der Waals surface area contributed by atoms with Crippen molar-refractivity contribution in [3.8, 4) is 0 Å². The zero-order valence-corrected chi connectivity index (χ0v) is 8.97. The maximum Gasteiger partial charge on any atom is 0.0137 e. The van der Waals surface area contributed by atoms with Gasteiger partial charge in [0, 0.05) is 18.6 Å². The molecule has 0 spiro atoms. The maximum absolute atomic E-state index is 3.61. The van der Waals surface area contributed by atoms with Crippen LogP contribution in [0, 0.1) is 0 Å². The molecule has 2 N–H and O–H groups in total. The third-order valence-electron chi connectivity index (χ3n) is 3.39. The molecule has 2 aliphatic rings. The van der Waals surface area contributed by atoms with Crippen LogP contribution in [0.2, 0.25) is 0 Å². The molecule has 0 bridgehead atoms. The lowest BCUT2D eigenvalue weighted by Crippen LogP contribution is -2.37. The molecule has 2 nitrogen and oxygen atoms in total. The summed E-state index contributed by atoms with van der Waals surface area (Å²) in [6.07, 6.45) is 12.7. The molecule has 14 heavy (non-hydrogen) atoms. The first-order valence-electron chi connectivity index (χ1n) is 6.07. The van der Waals surface area contributed by atoms with Gasteiger partial charge in [-0.05, 0) is 38.6 Å². The van der Waals surface area contributed by atoms with E-state index in [9.17, 15) is 0 Å². The van der Waals surface area contributed by atoms with Gasteiger partial charge in [-0.2, -0.15) is 0 Å². The Kier molecular flexibility index (Phi) is 4.02.